The lowest BCUT2D eigenvalue weighted by Crippen LogP contribution is -2.43. The van der Waals surface area contributed by atoms with E-state index in [4.69, 9.17) is 0 Å². The first-order chi connectivity index (χ1) is 7.84. The average molecular weight is 239 g/mol. The number of nitrogens with one attached hydrogen (secondary N) is 1. The summed E-state index contributed by atoms with van der Waals surface area (Å²) >= 11 is 0. The first-order valence-electron chi connectivity index (χ1n) is 7.60. The quantitative estimate of drug-likeness (QED) is 0.755. The van der Waals surface area contributed by atoms with E-state index in [2.05, 4.69) is 46.9 Å². The van der Waals surface area contributed by atoms with E-state index < -0.39 is 0 Å². The van der Waals surface area contributed by atoms with E-state index in [1.54, 1.807) is 0 Å². The van der Waals surface area contributed by atoms with E-state index in [-0.39, 0.29) is 0 Å². The minimum Gasteiger partial charge on any atom is -0.311 e. The van der Waals surface area contributed by atoms with Crippen LogP contribution in [0.4, 0.5) is 0 Å². The minimum atomic E-state index is 0.507. The lowest BCUT2D eigenvalue weighted by molar-refractivity contribution is 0.153. The van der Waals surface area contributed by atoms with Crippen LogP contribution in [0.3, 0.4) is 0 Å². The van der Waals surface area contributed by atoms with Crippen molar-refractivity contribution in [3.8, 4) is 0 Å². The van der Waals surface area contributed by atoms with Crippen molar-refractivity contribution in [2.75, 3.05) is 0 Å². The molecule has 2 atom stereocenters. The third kappa shape index (κ3) is 4.62. The van der Waals surface area contributed by atoms with Crippen molar-refractivity contribution < 1.29 is 0 Å². The lowest BCUT2D eigenvalue weighted by Gasteiger charge is -2.38. The Morgan fingerprint density at radius 1 is 1.06 bits per heavy atom. The lowest BCUT2D eigenvalue weighted by atomic mass is 9.71. The van der Waals surface area contributed by atoms with Crippen molar-refractivity contribution in [3.05, 3.63) is 0 Å². The van der Waals surface area contributed by atoms with E-state index in [0.717, 1.165) is 17.9 Å². The molecule has 0 bridgehead atoms. The number of hydrogen-bond donors (Lipinski definition) is 1. The van der Waals surface area contributed by atoms with Gasteiger partial charge >= 0.3 is 0 Å². The fourth-order valence-corrected chi connectivity index (χ4v) is 3.02. The molecule has 17 heavy (non-hydrogen) atoms. The molecule has 1 aliphatic rings. The molecule has 0 aliphatic heterocycles. The van der Waals surface area contributed by atoms with Crippen LogP contribution in [-0.4, -0.2) is 12.1 Å². The molecule has 102 valence electrons. The summed E-state index contributed by atoms with van der Waals surface area (Å²) in [6, 6.07) is 1.45. The van der Waals surface area contributed by atoms with Gasteiger partial charge in [0.05, 0.1) is 0 Å². The van der Waals surface area contributed by atoms with Gasteiger partial charge in [-0.05, 0) is 49.9 Å². The zero-order valence-corrected chi connectivity index (χ0v) is 12.8. The Morgan fingerprint density at radius 2 is 1.59 bits per heavy atom. The van der Waals surface area contributed by atoms with E-state index >= 15 is 0 Å². The van der Waals surface area contributed by atoms with Gasteiger partial charge < -0.3 is 5.32 Å². The van der Waals surface area contributed by atoms with Gasteiger partial charge in [0.1, 0.15) is 0 Å². The molecule has 0 radical (unpaired) electrons. The molecule has 1 heteroatoms. The van der Waals surface area contributed by atoms with Crippen LogP contribution in [0.2, 0.25) is 0 Å². The zero-order valence-electron chi connectivity index (χ0n) is 12.8. The Bertz CT molecular complexity index is 208. The molecule has 0 heterocycles. The molecule has 0 aromatic rings. The van der Waals surface area contributed by atoms with Crippen molar-refractivity contribution in [1.29, 1.82) is 0 Å². The van der Waals surface area contributed by atoms with Gasteiger partial charge in [-0.15, -0.1) is 0 Å². The largest absolute Gasteiger partial charge is 0.311 e. The highest BCUT2D eigenvalue weighted by Crippen LogP contribution is 2.37. The highest BCUT2D eigenvalue weighted by molar-refractivity contribution is 4.85. The van der Waals surface area contributed by atoms with E-state index in [9.17, 15) is 0 Å². The van der Waals surface area contributed by atoms with Crippen LogP contribution >= 0.6 is 0 Å². The summed E-state index contributed by atoms with van der Waals surface area (Å²) in [6.07, 6.45) is 6.86. The normalized spacial score (nSPS) is 30.0. The SMILES string of the molecule is CCC(C)C(C)NC1CCC(C(C)(C)C)CC1. The van der Waals surface area contributed by atoms with Crippen LogP contribution in [0.15, 0.2) is 0 Å². The fourth-order valence-electron chi connectivity index (χ4n) is 3.02. The van der Waals surface area contributed by atoms with Gasteiger partial charge in [0.15, 0.2) is 0 Å². The molecule has 0 spiro atoms. The monoisotopic (exact) mass is 239 g/mol. The van der Waals surface area contributed by atoms with Crippen molar-refractivity contribution in [2.24, 2.45) is 17.3 Å². The van der Waals surface area contributed by atoms with Gasteiger partial charge in [-0.25, -0.2) is 0 Å². The summed E-state index contributed by atoms with van der Waals surface area (Å²) in [6.45, 7) is 14.2. The van der Waals surface area contributed by atoms with E-state index in [0.29, 0.717) is 11.5 Å². The number of hydrogen-bond acceptors (Lipinski definition) is 1. The molecule has 0 saturated heterocycles. The molecule has 0 aromatic heterocycles. The van der Waals surface area contributed by atoms with Gasteiger partial charge in [0.25, 0.3) is 0 Å². The minimum absolute atomic E-state index is 0.507. The second-order valence-corrected chi connectivity index (χ2v) is 7.26. The van der Waals surface area contributed by atoms with Crippen molar-refractivity contribution in [1.82, 2.24) is 5.32 Å². The predicted octanol–water partition coefficient (Wildman–Crippen LogP) is 4.62. The van der Waals surface area contributed by atoms with Crippen LogP contribution in [-0.2, 0) is 0 Å². The molecule has 1 fully saturated rings. The highest BCUT2D eigenvalue weighted by atomic mass is 14.9. The molecule has 1 N–H and O–H groups in total. The van der Waals surface area contributed by atoms with Gasteiger partial charge in [-0.3, -0.25) is 0 Å². The van der Waals surface area contributed by atoms with Crippen molar-refractivity contribution in [2.45, 2.75) is 85.7 Å². The summed E-state index contributed by atoms with van der Waals surface area (Å²) in [5.74, 6) is 1.73. The molecule has 1 saturated carbocycles. The predicted molar refractivity (Wildman–Crippen MR) is 77.3 cm³/mol. The highest BCUT2D eigenvalue weighted by Gasteiger charge is 2.30. The molecule has 2 unspecified atom stereocenters. The third-order valence-electron chi connectivity index (χ3n) is 4.95. The van der Waals surface area contributed by atoms with Gasteiger partial charge in [-0.1, -0.05) is 41.0 Å². The summed E-state index contributed by atoms with van der Waals surface area (Å²) < 4.78 is 0. The second kappa shape index (κ2) is 6.22. The average Bonchev–Trinajstić information content (AvgIpc) is 2.27. The van der Waals surface area contributed by atoms with Crippen molar-refractivity contribution in [3.63, 3.8) is 0 Å². The van der Waals surface area contributed by atoms with E-state index in [1.165, 1.54) is 32.1 Å². The Hall–Kier alpha value is -0.0400. The number of rotatable bonds is 4. The Balaban J connectivity index is 2.33. The van der Waals surface area contributed by atoms with Crippen LogP contribution in [0.25, 0.3) is 0 Å². The molecule has 0 aromatic carbocycles. The summed E-state index contributed by atoms with van der Waals surface area (Å²) in [5, 5.41) is 3.84. The zero-order chi connectivity index (χ0) is 13.1. The molecule has 1 rings (SSSR count). The second-order valence-electron chi connectivity index (χ2n) is 7.26. The Labute approximate surface area is 109 Å². The van der Waals surface area contributed by atoms with Crippen molar-refractivity contribution >= 4 is 0 Å². The van der Waals surface area contributed by atoms with E-state index in [1.807, 2.05) is 0 Å². The Morgan fingerprint density at radius 3 is 2.00 bits per heavy atom. The summed E-state index contributed by atoms with van der Waals surface area (Å²) in [5.41, 5.74) is 0.507. The maximum Gasteiger partial charge on any atom is 0.00698 e. The smallest absolute Gasteiger partial charge is 0.00698 e. The summed E-state index contributed by atoms with van der Waals surface area (Å²) in [4.78, 5) is 0. The first kappa shape index (κ1) is 15.0. The Kier molecular flexibility index (Phi) is 5.50. The van der Waals surface area contributed by atoms with Gasteiger partial charge in [0.2, 0.25) is 0 Å². The molecular weight excluding hydrogens is 206 g/mol. The van der Waals surface area contributed by atoms with Crippen LogP contribution in [0, 0.1) is 17.3 Å². The van der Waals surface area contributed by atoms with Crippen LogP contribution in [0.5, 0.6) is 0 Å². The maximum absolute atomic E-state index is 3.84. The van der Waals surface area contributed by atoms with Crippen LogP contribution in [0.1, 0.15) is 73.6 Å². The molecule has 1 nitrogen and oxygen atoms in total. The molecular formula is C16H33N. The standard InChI is InChI=1S/C16H33N/c1-7-12(2)13(3)17-15-10-8-14(9-11-15)16(4,5)6/h12-15,17H,7-11H2,1-6H3. The van der Waals surface area contributed by atoms with Crippen LogP contribution < -0.4 is 5.32 Å². The summed E-state index contributed by atoms with van der Waals surface area (Å²) in [7, 11) is 0. The van der Waals surface area contributed by atoms with Gasteiger partial charge in [-0.2, -0.15) is 0 Å². The maximum atomic E-state index is 3.84. The molecule has 1 aliphatic carbocycles. The topological polar surface area (TPSA) is 12.0 Å². The first-order valence-corrected chi connectivity index (χ1v) is 7.60. The third-order valence-corrected chi connectivity index (χ3v) is 4.95. The molecule has 0 amide bonds. The van der Waals surface area contributed by atoms with Gasteiger partial charge in [0, 0.05) is 12.1 Å². The fraction of sp³-hybridized carbons (Fsp3) is 1.00.